The van der Waals surface area contributed by atoms with Gasteiger partial charge >= 0.3 is 0 Å². The highest BCUT2D eigenvalue weighted by atomic mass is 31.1. The van der Waals surface area contributed by atoms with Crippen molar-refractivity contribution in [1.82, 2.24) is 0 Å². The molecule has 4 heteroatoms. The highest BCUT2D eigenvalue weighted by molar-refractivity contribution is 7.55. The van der Waals surface area contributed by atoms with Gasteiger partial charge in [-0.1, -0.05) is 32.8 Å². The molecule has 0 aliphatic rings. The summed E-state index contributed by atoms with van der Waals surface area (Å²) in [6, 6.07) is 17.6. The molecule has 0 bridgehead atoms. The number of anilines is 2. The van der Waals surface area contributed by atoms with Crippen LogP contribution in [0, 0.1) is 0 Å². The summed E-state index contributed by atoms with van der Waals surface area (Å²) in [6.07, 6.45) is 0. The first-order valence-corrected chi connectivity index (χ1v) is 7.38. The molecule has 0 saturated carbocycles. The Balaban J connectivity index is 0.00000200. The van der Waals surface area contributed by atoms with Crippen molar-refractivity contribution in [3.05, 3.63) is 48.5 Å². The molecule has 0 amide bonds. The van der Waals surface area contributed by atoms with E-state index in [2.05, 4.69) is 86.5 Å². The molecule has 0 spiro atoms. The zero-order chi connectivity index (χ0) is 13.8. The van der Waals surface area contributed by atoms with E-state index in [9.17, 15) is 0 Å². The summed E-state index contributed by atoms with van der Waals surface area (Å²) < 4.78 is 0. The number of nitrogens with zero attached hydrogens (tertiary/aromatic N) is 2. The second kappa shape index (κ2) is 7.35. The van der Waals surface area contributed by atoms with E-state index in [1.165, 1.54) is 22.0 Å². The maximum Gasteiger partial charge on any atom is 0.0814 e. The summed E-state index contributed by atoms with van der Waals surface area (Å²) in [5.41, 5.74) is 2.49. The van der Waals surface area contributed by atoms with Crippen molar-refractivity contribution in [3.8, 4) is 0 Å². The molecular formula is C16H24BN2P. The lowest BCUT2D eigenvalue weighted by Gasteiger charge is -2.14. The van der Waals surface area contributed by atoms with E-state index in [1.807, 2.05) is 0 Å². The molecule has 0 atom stereocenters. The fourth-order valence-electron chi connectivity index (χ4n) is 1.85. The Morgan fingerprint density at radius 2 is 0.900 bits per heavy atom. The van der Waals surface area contributed by atoms with Crippen LogP contribution >= 0.6 is 8.58 Å². The molecule has 2 nitrogen and oxygen atoms in total. The van der Waals surface area contributed by atoms with Gasteiger partial charge in [-0.05, 0) is 34.9 Å². The first-order valence-electron chi connectivity index (χ1n) is 6.38. The third-order valence-electron chi connectivity index (χ3n) is 3.06. The van der Waals surface area contributed by atoms with Gasteiger partial charge in [-0.2, -0.15) is 0 Å². The molecule has 2 aromatic rings. The minimum absolute atomic E-state index is 0. The summed E-state index contributed by atoms with van der Waals surface area (Å²) >= 11 is 0. The average Bonchev–Trinajstić information content (AvgIpc) is 2.40. The molecule has 2 aromatic carbocycles. The average molecular weight is 286 g/mol. The molecule has 0 aliphatic heterocycles. The van der Waals surface area contributed by atoms with Crippen molar-refractivity contribution in [1.29, 1.82) is 0 Å². The second-order valence-corrected chi connectivity index (χ2v) is 6.41. The molecular weight excluding hydrogens is 262 g/mol. The van der Waals surface area contributed by atoms with E-state index in [0.29, 0.717) is 0 Å². The molecule has 0 radical (unpaired) electrons. The SMILES string of the molecule is B.CN(C)c1ccc(Pc2ccc(N(C)C)cc2)cc1. The van der Waals surface area contributed by atoms with E-state index < -0.39 is 0 Å². The topological polar surface area (TPSA) is 6.48 Å². The van der Waals surface area contributed by atoms with Gasteiger partial charge in [0.15, 0.2) is 0 Å². The number of hydrogen-bond donors (Lipinski definition) is 0. The first-order chi connectivity index (χ1) is 9.06. The van der Waals surface area contributed by atoms with Gasteiger partial charge in [0.25, 0.3) is 0 Å². The molecule has 0 heterocycles. The number of hydrogen-bond acceptors (Lipinski definition) is 2. The molecule has 2 rings (SSSR count). The molecule has 20 heavy (non-hydrogen) atoms. The van der Waals surface area contributed by atoms with Crippen LogP contribution in [0.2, 0.25) is 0 Å². The van der Waals surface area contributed by atoms with Gasteiger partial charge < -0.3 is 9.80 Å². The van der Waals surface area contributed by atoms with Gasteiger partial charge in [0.2, 0.25) is 0 Å². The standard InChI is InChI=1S/C16H21N2P.BH3/c1-17(2)13-5-9-15(10-6-13)19-16-11-7-14(8-12-16)18(3)4;/h5-12,19H,1-4H3;1H3. The maximum atomic E-state index is 2.22. The molecule has 0 aromatic heterocycles. The van der Waals surface area contributed by atoms with E-state index in [4.69, 9.17) is 0 Å². The fourth-order valence-corrected chi connectivity index (χ4v) is 2.85. The summed E-state index contributed by atoms with van der Waals surface area (Å²) in [6.45, 7) is 0. The molecule has 0 fully saturated rings. The first kappa shape index (κ1) is 16.6. The van der Waals surface area contributed by atoms with Gasteiger partial charge in [0.1, 0.15) is 0 Å². The van der Waals surface area contributed by atoms with Gasteiger partial charge in [0.05, 0.1) is 8.41 Å². The Morgan fingerprint density at radius 3 is 1.15 bits per heavy atom. The quantitative estimate of drug-likeness (QED) is 0.617. The zero-order valence-corrected chi connectivity index (χ0v) is 13.0. The Kier molecular flexibility index (Phi) is 6.10. The fraction of sp³-hybridized carbons (Fsp3) is 0.250. The van der Waals surface area contributed by atoms with Crippen molar-refractivity contribution in [3.63, 3.8) is 0 Å². The molecule has 0 unspecified atom stereocenters. The van der Waals surface area contributed by atoms with Crippen LogP contribution in [0.15, 0.2) is 48.5 Å². The van der Waals surface area contributed by atoms with Crippen molar-refractivity contribution in [2.24, 2.45) is 0 Å². The lowest BCUT2D eigenvalue weighted by atomic mass is 10.3. The Morgan fingerprint density at radius 1 is 0.600 bits per heavy atom. The van der Waals surface area contributed by atoms with Gasteiger partial charge in [0, 0.05) is 39.6 Å². The second-order valence-electron chi connectivity index (χ2n) is 5.01. The maximum absolute atomic E-state index is 2.22. The Bertz CT molecular complexity index is 472. The van der Waals surface area contributed by atoms with Crippen molar-refractivity contribution < 1.29 is 0 Å². The van der Waals surface area contributed by atoms with Crippen molar-refractivity contribution in [2.45, 2.75) is 0 Å². The molecule has 0 aliphatic carbocycles. The molecule has 0 saturated heterocycles. The van der Waals surface area contributed by atoms with Crippen LogP contribution in [0.5, 0.6) is 0 Å². The van der Waals surface area contributed by atoms with E-state index in [1.54, 1.807) is 0 Å². The van der Waals surface area contributed by atoms with Crippen LogP contribution < -0.4 is 20.4 Å². The third-order valence-corrected chi connectivity index (χ3v) is 4.30. The lowest BCUT2D eigenvalue weighted by Crippen LogP contribution is -2.11. The number of rotatable bonds is 4. The van der Waals surface area contributed by atoms with Crippen LogP contribution in [-0.4, -0.2) is 36.6 Å². The predicted molar refractivity (Wildman–Crippen MR) is 99.1 cm³/mol. The van der Waals surface area contributed by atoms with E-state index >= 15 is 0 Å². The predicted octanol–water partition coefficient (Wildman–Crippen LogP) is 1.26. The third kappa shape index (κ3) is 4.28. The van der Waals surface area contributed by atoms with E-state index in [-0.39, 0.29) is 8.41 Å². The van der Waals surface area contributed by atoms with Gasteiger partial charge in [-0.25, -0.2) is 0 Å². The molecule has 106 valence electrons. The lowest BCUT2D eigenvalue weighted by molar-refractivity contribution is 1.13. The molecule has 0 N–H and O–H groups in total. The minimum Gasteiger partial charge on any atom is -0.378 e. The van der Waals surface area contributed by atoms with E-state index in [0.717, 1.165) is 8.58 Å². The van der Waals surface area contributed by atoms with Crippen molar-refractivity contribution in [2.75, 3.05) is 38.0 Å². The van der Waals surface area contributed by atoms with Crippen LogP contribution in [0.25, 0.3) is 0 Å². The zero-order valence-electron chi connectivity index (χ0n) is 12.0. The largest absolute Gasteiger partial charge is 0.378 e. The Hall–Kier alpha value is -1.47. The minimum atomic E-state index is 0. The highest BCUT2D eigenvalue weighted by Gasteiger charge is 2.00. The van der Waals surface area contributed by atoms with Gasteiger partial charge in [-0.3, -0.25) is 0 Å². The smallest absolute Gasteiger partial charge is 0.0814 e. The normalized spacial score (nSPS) is 9.80. The highest BCUT2D eigenvalue weighted by Crippen LogP contribution is 2.16. The van der Waals surface area contributed by atoms with Crippen LogP contribution in [0.4, 0.5) is 11.4 Å². The number of benzene rings is 2. The monoisotopic (exact) mass is 286 g/mol. The summed E-state index contributed by atoms with van der Waals surface area (Å²) in [4.78, 5) is 4.25. The Labute approximate surface area is 126 Å². The van der Waals surface area contributed by atoms with Crippen LogP contribution in [-0.2, 0) is 0 Å². The summed E-state index contributed by atoms with van der Waals surface area (Å²) in [5.74, 6) is 0. The summed E-state index contributed by atoms with van der Waals surface area (Å²) in [7, 11) is 8.99. The summed E-state index contributed by atoms with van der Waals surface area (Å²) in [5, 5.41) is 2.76. The van der Waals surface area contributed by atoms with Crippen LogP contribution in [0.3, 0.4) is 0 Å². The van der Waals surface area contributed by atoms with Crippen LogP contribution in [0.1, 0.15) is 0 Å². The van der Waals surface area contributed by atoms with Crippen molar-refractivity contribution >= 4 is 39.0 Å². The van der Waals surface area contributed by atoms with Gasteiger partial charge in [-0.15, -0.1) is 0 Å².